The van der Waals surface area contributed by atoms with Crippen molar-refractivity contribution in [1.29, 1.82) is 0 Å². The van der Waals surface area contributed by atoms with E-state index in [4.69, 9.17) is 14.2 Å². The van der Waals surface area contributed by atoms with Gasteiger partial charge in [0, 0.05) is 24.3 Å². The molecule has 26 heavy (non-hydrogen) atoms. The summed E-state index contributed by atoms with van der Waals surface area (Å²) >= 11 is 0. The molecular weight excluding hydrogens is 330 g/mol. The van der Waals surface area contributed by atoms with Crippen molar-refractivity contribution in [3.05, 3.63) is 59.2 Å². The van der Waals surface area contributed by atoms with Gasteiger partial charge in [-0.05, 0) is 55.7 Å². The predicted octanol–water partition coefficient (Wildman–Crippen LogP) is 3.49. The highest BCUT2D eigenvalue weighted by Gasteiger charge is 2.17. The van der Waals surface area contributed by atoms with Gasteiger partial charge in [0.2, 0.25) is 0 Å². The van der Waals surface area contributed by atoms with Crippen LogP contribution in [-0.2, 0) is 11.3 Å². The molecule has 2 aromatic carbocycles. The van der Waals surface area contributed by atoms with Gasteiger partial charge in [-0.15, -0.1) is 0 Å². The van der Waals surface area contributed by atoms with Crippen LogP contribution in [0.2, 0.25) is 0 Å². The Balaban J connectivity index is 1.66. The number of benzene rings is 2. The van der Waals surface area contributed by atoms with Crippen LogP contribution in [0.3, 0.4) is 0 Å². The smallest absolute Gasteiger partial charge is 0.251 e. The van der Waals surface area contributed by atoms with E-state index in [2.05, 4.69) is 5.32 Å². The lowest BCUT2D eigenvalue weighted by Gasteiger charge is -2.14. The molecule has 1 aliphatic rings. The first-order chi connectivity index (χ1) is 12.7. The van der Waals surface area contributed by atoms with Gasteiger partial charge in [0.05, 0.1) is 13.2 Å². The van der Waals surface area contributed by atoms with Gasteiger partial charge in [-0.3, -0.25) is 4.79 Å². The minimum Gasteiger partial charge on any atom is -0.496 e. The number of carbonyl (C=O) groups excluding carboxylic acids is 1. The van der Waals surface area contributed by atoms with E-state index in [9.17, 15) is 4.79 Å². The summed E-state index contributed by atoms with van der Waals surface area (Å²) in [4.78, 5) is 12.4. The van der Waals surface area contributed by atoms with Crippen LogP contribution in [-0.4, -0.2) is 32.3 Å². The molecule has 0 bridgehead atoms. The van der Waals surface area contributed by atoms with Gasteiger partial charge >= 0.3 is 0 Å². The summed E-state index contributed by atoms with van der Waals surface area (Å²) < 4.78 is 16.8. The van der Waals surface area contributed by atoms with Gasteiger partial charge in [0.1, 0.15) is 18.1 Å². The Morgan fingerprint density at radius 1 is 1.27 bits per heavy atom. The summed E-state index contributed by atoms with van der Waals surface area (Å²) in [6.07, 6.45) is 2.18. The Kier molecular flexibility index (Phi) is 6.12. The van der Waals surface area contributed by atoms with Crippen molar-refractivity contribution >= 4 is 5.91 Å². The highest BCUT2D eigenvalue weighted by atomic mass is 16.5. The summed E-state index contributed by atoms with van der Waals surface area (Å²) in [6, 6.07) is 13.3. The second-order valence-electron chi connectivity index (χ2n) is 6.48. The van der Waals surface area contributed by atoms with Gasteiger partial charge in [0.15, 0.2) is 0 Å². The average molecular weight is 355 g/mol. The van der Waals surface area contributed by atoms with E-state index in [1.54, 1.807) is 19.2 Å². The number of nitrogens with one attached hydrogen (secondary N) is 1. The number of hydrogen-bond acceptors (Lipinski definition) is 4. The lowest BCUT2D eigenvalue weighted by atomic mass is 10.1. The molecule has 1 fully saturated rings. The number of aryl methyl sites for hydroxylation is 1. The molecule has 0 radical (unpaired) electrons. The number of carbonyl (C=O) groups is 1. The van der Waals surface area contributed by atoms with Crippen LogP contribution in [0.15, 0.2) is 42.5 Å². The third kappa shape index (κ3) is 4.76. The highest BCUT2D eigenvalue weighted by molar-refractivity contribution is 5.94. The standard InChI is InChI=1S/C21H25NO4/c1-15-5-3-6-18(11-15)26-14-17-12-16(8-9-20(17)24-2)21(23)22-13-19-7-4-10-25-19/h3,5-6,8-9,11-12,19H,4,7,10,13-14H2,1-2H3,(H,22,23)/t19-/m1/s1. The monoisotopic (exact) mass is 355 g/mol. The van der Waals surface area contributed by atoms with Crippen LogP contribution in [0.1, 0.15) is 34.3 Å². The molecule has 5 heteroatoms. The lowest BCUT2D eigenvalue weighted by molar-refractivity contribution is 0.0857. The number of methoxy groups -OCH3 is 1. The van der Waals surface area contributed by atoms with Crippen LogP contribution >= 0.6 is 0 Å². The average Bonchev–Trinajstić information content (AvgIpc) is 3.18. The summed E-state index contributed by atoms with van der Waals surface area (Å²) in [6.45, 7) is 3.68. The minimum absolute atomic E-state index is 0.111. The third-order valence-corrected chi connectivity index (χ3v) is 4.44. The van der Waals surface area contributed by atoms with Gasteiger partial charge in [0.25, 0.3) is 5.91 Å². The van der Waals surface area contributed by atoms with E-state index in [1.807, 2.05) is 37.3 Å². The van der Waals surface area contributed by atoms with Crippen molar-refractivity contribution in [3.63, 3.8) is 0 Å². The molecule has 1 atom stereocenters. The zero-order valence-electron chi connectivity index (χ0n) is 15.3. The van der Waals surface area contributed by atoms with E-state index in [1.165, 1.54) is 0 Å². The first-order valence-electron chi connectivity index (χ1n) is 8.92. The van der Waals surface area contributed by atoms with Crippen molar-refractivity contribution in [1.82, 2.24) is 5.32 Å². The molecule has 1 amide bonds. The number of rotatable bonds is 7. The fraction of sp³-hybridized carbons (Fsp3) is 0.381. The van der Waals surface area contributed by atoms with E-state index in [0.717, 1.165) is 36.3 Å². The Labute approximate surface area is 154 Å². The molecule has 1 aliphatic heterocycles. The van der Waals surface area contributed by atoms with Gasteiger partial charge < -0.3 is 19.5 Å². The Bertz CT molecular complexity index is 753. The molecule has 0 unspecified atom stereocenters. The summed E-state index contributed by atoms with van der Waals surface area (Å²) in [5, 5.41) is 2.94. The molecule has 5 nitrogen and oxygen atoms in total. The molecule has 2 aromatic rings. The number of ether oxygens (including phenoxy) is 3. The highest BCUT2D eigenvalue weighted by Crippen LogP contribution is 2.23. The zero-order chi connectivity index (χ0) is 18.4. The molecule has 1 N–H and O–H groups in total. The Hall–Kier alpha value is -2.53. The maximum Gasteiger partial charge on any atom is 0.251 e. The van der Waals surface area contributed by atoms with Crippen molar-refractivity contribution in [2.75, 3.05) is 20.3 Å². The van der Waals surface area contributed by atoms with E-state index < -0.39 is 0 Å². The topological polar surface area (TPSA) is 56.8 Å². The first kappa shape index (κ1) is 18.3. The second-order valence-corrected chi connectivity index (χ2v) is 6.48. The summed E-state index contributed by atoms with van der Waals surface area (Å²) in [5.74, 6) is 1.38. The van der Waals surface area contributed by atoms with Crippen LogP contribution in [0.25, 0.3) is 0 Å². The largest absolute Gasteiger partial charge is 0.496 e. The van der Waals surface area contributed by atoms with Crippen LogP contribution in [0.5, 0.6) is 11.5 Å². The van der Waals surface area contributed by atoms with E-state index >= 15 is 0 Å². The molecule has 1 heterocycles. The molecule has 0 aromatic heterocycles. The quantitative estimate of drug-likeness (QED) is 0.826. The molecule has 1 saturated heterocycles. The minimum atomic E-state index is -0.111. The molecule has 0 saturated carbocycles. The van der Waals surface area contributed by atoms with Crippen molar-refractivity contribution in [3.8, 4) is 11.5 Å². The van der Waals surface area contributed by atoms with Crippen LogP contribution in [0.4, 0.5) is 0 Å². The van der Waals surface area contributed by atoms with Crippen LogP contribution in [0, 0.1) is 6.92 Å². The number of hydrogen-bond donors (Lipinski definition) is 1. The van der Waals surface area contributed by atoms with Gasteiger partial charge in [-0.1, -0.05) is 12.1 Å². The van der Waals surface area contributed by atoms with E-state index in [-0.39, 0.29) is 12.0 Å². The maximum absolute atomic E-state index is 12.4. The summed E-state index contributed by atoms with van der Waals surface area (Å²) in [7, 11) is 1.61. The molecule has 138 valence electrons. The number of amides is 1. The molecular formula is C21H25NO4. The normalized spacial score (nSPS) is 16.3. The predicted molar refractivity (Wildman–Crippen MR) is 99.8 cm³/mol. The first-order valence-corrected chi connectivity index (χ1v) is 8.92. The van der Waals surface area contributed by atoms with Gasteiger partial charge in [-0.25, -0.2) is 0 Å². The molecule has 0 aliphatic carbocycles. The van der Waals surface area contributed by atoms with Crippen molar-refractivity contribution in [2.24, 2.45) is 0 Å². The Morgan fingerprint density at radius 3 is 2.88 bits per heavy atom. The zero-order valence-corrected chi connectivity index (χ0v) is 15.3. The summed E-state index contributed by atoms with van der Waals surface area (Å²) in [5.41, 5.74) is 2.56. The maximum atomic E-state index is 12.4. The van der Waals surface area contributed by atoms with Crippen LogP contribution < -0.4 is 14.8 Å². The van der Waals surface area contributed by atoms with E-state index in [0.29, 0.717) is 24.5 Å². The van der Waals surface area contributed by atoms with Gasteiger partial charge in [-0.2, -0.15) is 0 Å². The molecule has 0 spiro atoms. The van der Waals surface area contributed by atoms with Crippen molar-refractivity contribution in [2.45, 2.75) is 32.5 Å². The SMILES string of the molecule is COc1ccc(C(=O)NC[C@H]2CCCO2)cc1COc1cccc(C)c1. The fourth-order valence-corrected chi connectivity index (χ4v) is 3.01. The molecule has 3 rings (SSSR count). The fourth-order valence-electron chi connectivity index (χ4n) is 3.01. The lowest BCUT2D eigenvalue weighted by Crippen LogP contribution is -2.31. The van der Waals surface area contributed by atoms with Crippen molar-refractivity contribution < 1.29 is 19.0 Å². The third-order valence-electron chi connectivity index (χ3n) is 4.44. The second kappa shape index (κ2) is 8.72. The Morgan fingerprint density at radius 2 is 2.15 bits per heavy atom.